The normalized spacial score (nSPS) is 15.8. The van der Waals surface area contributed by atoms with E-state index in [2.05, 4.69) is 20.6 Å². The number of benzene rings is 1. The first-order chi connectivity index (χ1) is 11.8. The van der Waals surface area contributed by atoms with Gasteiger partial charge < -0.3 is 14.8 Å². The van der Waals surface area contributed by atoms with Gasteiger partial charge in [0.2, 0.25) is 0 Å². The van der Waals surface area contributed by atoms with E-state index < -0.39 is 6.09 Å². The van der Waals surface area contributed by atoms with Crippen LogP contribution in [0.3, 0.4) is 0 Å². The molecular formula is C16H17N5O3. The van der Waals surface area contributed by atoms with Gasteiger partial charge in [0, 0.05) is 23.7 Å². The number of hydrogen-bond donors (Lipinski definition) is 2. The molecule has 0 aliphatic carbocycles. The number of alkyl carbamates (subject to hydrolysis) is 1. The Morgan fingerprint density at radius 2 is 2.17 bits per heavy atom. The molecule has 1 amide bonds. The maximum absolute atomic E-state index is 11.6. The molecule has 0 spiro atoms. The number of aromatic nitrogens is 4. The second kappa shape index (κ2) is 6.23. The summed E-state index contributed by atoms with van der Waals surface area (Å²) in [5.41, 5.74) is 2.67. The Balaban J connectivity index is 1.69. The second-order valence-electron chi connectivity index (χ2n) is 5.54. The second-order valence-corrected chi connectivity index (χ2v) is 5.54. The summed E-state index contributed by atoms with van der Waals surface area (Å²) in [6.07, 6.45) is 3.91. The molecule has 8 nitrogen and oxygen atoms in total. The maximum atomic E-state index is 11.6. The van der Waals surface area contributed by atoms with E-state index in [1.54, 1.807) is 10.9 Å². The van der Waals surface area contributed by atoms with E-state index in [1.807, 2.05) is 24.4 Å². The van der Waals surface area contributed by atoms with Crippen molar-refractivity contribution in [2.45, 2.75) is 13.0 Å². The van der Waals surface area contributed by atoms with Gasteiger partial charge in [0.1, 0.15) is 18.1 Å². The Morgan fingerprint density at radius 1 is 1.21 bits per heavy atom. The molecule has 124 valence electrons. The monoisotopic (exact) mass is 327 g/mol. The summed E-state index contributed by atoms with van der Waals surface area (Å²) in [7, 11) is 0. The molecular weight excluding hydrogens is 310 g/mol. The van der Waals surface area contributed by atoms with Crippen molar-refractivity contribution in [2.24, 2.45) is 0 Å². The van der Waals surface area contributed by atoms with E-state index in [1.165, 1.54) is 0 Å². The first-order valence-electron chi connectivity index (χ1n) is 7.84. The average Bonchev–Trinajstić information content (AvgIpc) is 3.20. The molecule has 4 bridgehead atoms. The Morgan fingerprint density at radius 3 is 3.12 bits per heavy atom. The number of nitrogens with zero attached hydrogens (tertiary/aromatic N) is 3. The number of H-pyrrole nitrogens is 1. The third-order valence-corrected chi connectivity index (χ3v) is 3.85. The highest BCUT2D eigenvalue weighted by molar-refractivity contribution is 5.93. The van der Waals surface area contributed by atoms with Crippen LogP contribution in [0.25, 0.3) is 22.2 Å². The van der Waals surface area contributed by atoms with Crippen LogP contribution in [0.15, 0.2) is 30.6 Å². The Bertz CT molecular complexity index is 870. The number of cyclic esters (lactones) is 1. The minimum atomic E-state index is -0.425. The van der Waals surface area contributed by atoms with Crippen molar-refractivity contribution in [1.82, 2.24) is 25.3 Å². The van der Waals surface area contributed by atoms with Crippen molar-refractivity contribution < 1.29 is 14.3 Å². The largest absolute Gasteiger partial charge is 0.494 e. The van der Waals surface area contributed by atoms with Gasteiger partial charge in [-0.05, 0) is 24.6 Å². The van der Waals surface area contributed by atoms with Gasteiger partial charge in [-0.25, -0.2) is 4.79 Å². The van der Waals surface area contributed by atoms with E-state index in [-0.39, 0.29) is 6.61 Å². The van der Waals surface area contributed by atoms with Gasteiger partial charge in [0.25, 0.3) is 0 Å². The molecule has 4 rings (SSSR count). The molecule has 8 heteroatoms. The molecule has 1 aliphatic heterocycles. The summed E-state index contributed by atoms with van der Waals surface area (Å²) in [6, 6.07) is 5.82. The van der Waals surface area contributed by atoms with E-state index >= 15 is 0 Å². The Labute approximate surface area is 137 Å². The lowest BCUT2D eigenvalue weighted by Gasteiger charge is -2.09. The highest BCUT2D eigenvalue weighted by Crippen LogP contribution is 2.29. The number of rotatable bonds is 0. The third kappa shape index (κ3) is 2.90. The number of aromatic amines is 1. The number of ether oxygens (including phenoxy) is 2. The number of carbonyl (C=O) groups is 1. The van der Waals surface area contributed by atoms with Gasteiger partial charge in [-0.1, -0.05) is 0 Å². The number of carbonyl (C=O) groups excluding carboxylic acids is 1. The molecule has 3 aromatic rings. The lowest BCUT2D eigenvalue weighted by molar-refractivity contribution is 0.140. The summed E-state index contributed by atoms with van der Waals surface area (Å²) < 4.78 is 12.6. The van der Waals surface area contributed by atoms with E-state index in [0.29, 0.717) is 26.1 Å². The number of amides is 1. The molecule has 3 heterocycles. The molecule has 0 radical (unpaired) electrons. The predicted octanol–water partition coefficient (Wildman–Crippen LogP) is 1.94. The van der Waals surface area contributed by atoms with Crippen LogP contribution in [0.2, 0.25) is 0 Å². The first kappa shape index (κ1) is 14.6. The number of nitrogens with one attached hydrogen (secondary N) is 2. The molecule has 1 aromatic carbocycles. The number of hydrogen-bond acceptors (Lipinski definition) is 5. The average molecular weight is 327 g/mol. The zero-order valence-corrected chi connectivity index (χ0v) is 13.0. The highest BCUT2D eigenvalue weighted by atomic mass is 16.5. The molecule has 24 heavy (non-hydrogen) atoms. The summed E-state index contributed by atoms with van der Waals surface area (Å²) in [5.74, 6) is 0.771. The maximum Gasteiger partial charge on any atom is 0.407 e. The zero-order valence-electron chi connectivity index (χ0n) is 13.0. The molecule has 0 fully saturated rings. The van der Waals surface area contributed by atoms with Gasteiger partial charge >= 0.3 is 6.09 Å². The van der Waals surface area contributed by atoms with Crippen LogP contribution in [0.1, 0.15) is 6.42 Å². The van der Waals surface area contributed by atoms with E-state index in [4.69, 9.17) is 9.47 Å². The fourth-order valence-electron chi connectivity index (χ4n) is 2.65. The van der Waals surface area contributed by atoms with Gasteiger partial charge in [-0.15, -0.1) is 0 Å². The smallest absolute Gasteiger partial charge is 0.407 e. The van der Waals surface area contributed by atoms with Crippen molar-refractivity contribution in [3.05, 3.63) is 30.6 Å². The van der Waals surface area contributed by atoms with Crippen molar-refractivity contribution in [3.8, 4) is 17.0 Å². The Hall–Kier alpha value is -3.03. The summed E-state index contributed by atoms with van der Waals surface area (Å²) in [4.78, 5) is 11.6. The lowest BCUT2D eigenvalue weighted by atomic mass is 10.1. The summed E-state index contributed by atoms with van der Waals surface area (Å²) >= 11 is 0. The van der Waals surface area contributed by atoms with Crippen LogP contribution in [0.5, 0.6) is 5.75 Å². The van der Waals surface area contributed by atoms with Crippen LogP contribution in [0.4, 0.5) is 4.79 Å². The van der Waals surface area contributed by atoms with Gasteiger partial charge in [0.15, 0.2) is 0 Å². The molecule has 0 saturated carbocycles. The first-order valence-corrected chi connectivity index (χ1v) is 7.84. The number of fused-ring (bicyclic) bond motifs is 4. The predicted molar refractivity (Wildman–Crippen MR) is 86.8 cm³/mol. The van der Waals surface area contributed by atoms with Crippen LogP contribution in [-0.2, 0) is 11.3 Å². The van der Waals surface area contributed by atoms with E-state index in [0.717, 1.165) is 27.9 Å². The van der Waals surface area contributed by atoms with Crippen molar-refractivity contribution in [2.75, 3.05) is 19.8 Å². The van der Waals surface area contributed by atoms with Crippen LogP contribution >= 0.6 is 0 Å². The van der Waals surface area contributed by atoms with Crippen LogP contribution in [-0.4, -0.2) is 45.8 Å². The van der Waals surface area contributed by atoms with Crippen molar-refractivity contribution in [3.63, 3.8) is 0 Å². The topological polar surface area (TPSA) is 94.1 Å². The standard InChI is InChI=1S/C16H17N5O3/c22-16-17-4-1-6-23-12-2-3-14-13(8-12)15(20-19-14)11-9-18-21(10-11)5-7-24-16/h2-3,8-10H,1,4-7H2,(H,17,22)(H,19,20). The summed E-state index contributed by atoms with van der Waals surface area (Å²) in [5, 5.41) is 15.4. The third-order valence-electron chi connectivity index (χ3n) is 3.85. The molecule has 0 saturated heterocycles. The summed E-state index contributed by atoms with van der Waals surface area (Å²) in [6.45, 7) is 1.76. The van der Waals surface area contributed by atoms with Crippen LogP contribution in [0, 0.1) is 0 Å². The molecule has 0 unspecified atom stereocenters. The lowest BCUT2D eigenvalue weighted by Crippen LogP contribution is -2.27. The van der Waals surface area contributed by atoms with Crippen molar-refractivity contribution >= 4 is 17.0 Å². The fourth-order valence-corrected chi connectivity index (χ4v) is 2.65. The zero-order chi connectivity index (χ0) is 16.4. The molecule has 2 aromatic heterocycles. The quantitative estimate of drug-likeness (QED) is 0.658. The van der Waals surface area contributed by atoms with Crippen molar-refractivity contribution in [1.29, 1.82) is 0 Å². The minimum Gasteiger partial charge on any atom is -0.494 e. The SMILES string of the molecule is O=C1NCCCOc2ccc3[nH]nc(c3c2)-c2cnn(c2)CCO1. The molecule has 1 aliphatic rings. The van der Waals surface area contributed by atoms with Crippen LogP contribution < -0.4 is 10.1 Å². The van der Waals surface area contributed by atoms with Gasteiger partial charge in [-0.2, -0.15) is 10.2 Å². The fraction of sp³-hybridized carbons (Fsp3) is 0.312. The minimum absolute atomic E-state index is 0.259. The van der Waals surface area contributed by atoms with E-state index in [9.17, 15) is 4.79 Å². The van der Waals surface area contributed by atoms with Gasteiger partial charge in [0.05, 0.1) is 24.9 Å². The molecule has 0 atom stereocenters. The highest BCUT2D eigenvalue weighted by Gasteiger charge is 2.12. The van der Waals surface area contributed by atoms with Gasteiger partial charge in [-0.3, -0.25) is 9.78 Å². The Kier molecular flexibility index (Phi) is 3.78. The molecule has 2 N–H and O–H groups in total.